The number of ketones is 1. The quantitative estimate of drug-likeness (QED) is 0.866. The third-order valence-electron chi connectivity index (χ3n) is 3.11. The fourth-order valence-electron chi connectivity index (χ4n) is 1.64. The van der Waals surface area contributed by atoms with Crippen LogP contribution in [-0.4, -0.2) is 18.9 Å². The molecule has 0 amide bonds. The van der Waals surface area contributed by atoms with Crippen molar-refractivity contribution in [1.82, 2.24) is 5.32 Å². The number of rotatable bonds is 4. The molecule has 0 saturated heterocycles. The Labute approximate surface area is 104 Å². The molecule has 1 unspecified atom stereocenters. The van der Waals surface area contributed by atoms with E-state index in [1.807, 2.05) is 14.0 Å². The highest BCUT2D eigenvalue weighted by atomic mass is 16.1. The molecule has 0 radical (unpaired) electrons. The molecule has 0 aliphatic heterocycles. The Hall–Kier alpha value is -1.15. The zero-order chi connectivity index (χ0) is 13.1. The van der Waals surface area contributed by atoms with Crippen molar-refractivity contribution in [2.75, 3.05) is 7.05 Å². The first-order valence-corrected chi connectivity index (χ1v) is 6.14. The number of likely N-dealkylation sites (N-methyl/N-ethyl adjacent to an activating group) is 1. The van der Waals surface area contributed by atoms with Crippen molar-refractivity contribution in [1.29, 1.82) is 0 Å². The molecule has 0 fully saturated rings. The lowest BCUT2D eigenvalue weighted by Gasteiger charge is -2.19. The first-order chi connectivity index (χ1) is 7.84. The van der Waals surface area contributed by atoms with Crippen LogP contribution in [0.25, 0.3) is 0 Å². The van der Waals surface area contributed by atoms with Gasteiger partial charge in [-0.15, -0.1) is 0 Å². The molecule has 2 heteroatoms. The zero-order valence-electron chi connectivity index (χ0n) is 11.5. The second kappa shape index (κ2) is 5.46. The summed E-state index contributed by atoms with van der Waals surface area (Å²) in [7, 11) is 1.81. The van der Waals surface area contributed by atoms with Gasteiger partial charge in [0.1, 0.15) is 0 Å². The topological polar surface area (TPSA) is 29.1 Å². The molecule has 1 aromatic rings. The van der Waals surface area contributed by atoms with E-state index in [-0.39, 0.29) is 17.2 Å². The molecule has 0 aliphatic rings. The Balaban J connectivity index is 2.73. The molecule has 17 heavy (non-hydrogen) atoms. The van der Waals surface area contributed by atoms with Gasteiger partial charge < -0.3 is 5.32 Å². The molecule has 0 spiro atoms. The van der Waals surface area contributed by atoms with E-state index in [0.29, 0.717) is 6.42 Å². The summed E-state index contributed by atoms with van der Waals surface area (Å²) in [6.45, 7) is 8.47. The van der Waals surface area contributed by atoms with Gasteiger partial charge in [0.15, 0.2) is 5.78 Å². The van der Waals surface area contributed by atoms with Gasteiger partial charge in [0.2, 0.25) is 0 Å². The van der Waals surface area contributed by atoms with Crippen LogP contribution >= 0.6 is 0 Å². The minimum absolute atomic E-state index is 0.0720. The third-order valence-corrected chi connectivity index (χ3v) is 3.11. The predicted molar refractivity (Wildman–Crippen MR) is 72.4 cm³/mol. The van der Waals surface area contributed by atoms with Crippen molar-refractivity contribution >= 4 is 5.78 Å². The van der Waals surface area contributed by atoms with E-state index in [1.165, 1.54) is 5.56 Å². The van der Waals surface area contributed by atoms with Crippen LogP contribution in [0.2, 0.25) is 0 Å². The normalized spacial score (nSPS) is 13.5. The number of hydrogen-bond acceptors (Lipinski definition) is 2. The van der Waals surface area contributed by atoms with E-state index in [2.05, 4.69) is 50.4 Å². The van der Waals surface area contributed by atoms with Gasteiger partial charge in [0.25, 0.3) is 0 Å². The van der Waals surface area contributed by atoms with Crippen LogP contribution in [0.5, 0.6) is 0 Å². The number of carbonyl (C=O) groups excluding carboxylic acids is 1. The van der Waals surface area contributed by atoms with Crippen molar-refractivity contribution in [3.8, 4) is 0 Å². The average molecular weight is 233 g/mol. The molecular weight excluding hydrogens is 210 g/mol. The standard InChI is InChI=1S/C15H23NO/c1-11(16-5)14(17)10-12-6-8-13(9-7-12)15(2,3)4/h6-9,11,16H,10H2,1-5H3. The third kappa shape index (κ3) is 3.97. The van der Waals surface area contributed by atoms with Crippen LogP contribution in [0, 0.1) is 0 Å². The summed E-state index contributed by atoms with van der Waals surface area (Å²) in [6.07, 6.45) is 0.506. The predicted octanol–water partition coefficient (Wildman–Crippen LogP) is 2.70. The van der Waals surface area contributed by atoms with Crippen molar-refractivity contribution in [2.45, 2.75) is 45.6 Å². The van der Waals surface area contributed by atoms with E-state index >= 15 is 0 Å². The fourth-order valence-corrected chi connectivity index (χ4v) is 1.64. The molecule has 1 atom stereocenters. The summed E-state index contributed by atoms with van der Waals surface area (Å²) in [5.41, 5.74) is 2.56. The maximum atomic E-state index is 11.8. The number of hydrogen-bond donors (Lipinski definition) is 1. The summed E-state index contributed by atoms with van der Waals surface area (Å²) in [4.78, 5) is 11.8. The van der Waals surface area contributed by atoms with Crippen molar-refractivity contribution in [3.05, 3.63) is 35.4 Å². The second-order valence-corrected chi connectivity index (χ2v) is 5.60. The minimum Gasteiger partial charge on any atom is -0.311 e. The van der Waals surface area contributed by atoms with Gasteiger partial charge in [-0.1, -0.05) is 45.0 Å². The number of Topliss-reactive ketones (excluding diaryl/α,β-unsaturated/α-hetero) is 1. The summed E-state index contributed by atoms with van der Waals surface area (Å²) in [6, 6.07) is 8.28. The minimum atomic E-state index is -0.0720. The Morgan fingerprint density at radius 3 is 2.18 bits per heavy atom. The number of nitrogens with one attached hydrogen (secondary N) is 1. The Kier molecular flexibility index (Phi) is 4.47. The Morgan fingerprint density at radius 2 is 1.76 bits per heavy atom. The van der Waals surface area contributed by atoms with Crippen LogP contribution in [0.3, 0.4) is 0 Å². The maximum absolute atomic E-state index is 11.8. The van der Waals surface area contributed by atoms with E-state index in [1.54, 1.807) is 0 Å². The first-order valence-electron chi connectivity index (χ1n) is 6.14. The molecule has 0 bridgehead atoms. The SMILES string of the molecule is CNC(C)C(=O)Cc1ccc(C(C)(C)C)cc1. The molecule has 0 aromatic heterocycles. The monoisotopic (exact) mass is 233 g/mol. The number of benzene rings is 1. The van der Waals surface area contributed by atoms with Gasteiger partial charge in [-0.25, -0.2) is 0 Å². The largest absolute Gasteiger partial charge is 0.311 e. The molecule has 0 saturated carbocycles. The molecule has 1 N–H and O–H groups in total. The smallest absolute Gasteiger partial charge is 0.153 e. The molecule has 1 aromatic carbocycles. The van der Waals surface area contributed by atoms with Gasteiger partial charge in [-0.3, -0.25) is 4.79 Å². The molecule has 0 heterocycles. The van der Waals surface area contributed by atoms with E-state index < -0.39 is 0 Å². The molecular formula is C15H23NO. The summed E-state index contributed by atoms with van der Waals surface area (Å²) in [5.74, 6) is 0.232. The van der Waals surface area contributed by atoms with Crippen LogP contribution in [0.1, 0.15) is 38.8 Å². The van der Waals surface area contributed by atoms with Gasteiger partial charge in [0, 0.05) is 6.42 Å². The summed E-state index contributed by atoms with van der Waals surface area (Å²) >= 11 is 0. The Morgan fingerprint density at radius 1 is 1.24 bits per heavy atom. The first kappa shape index (κ1) is 13.9. The van der Waals surface area contributed by atoms with Crippen molar-refractivity contribution in [3.63, 3.8) is 0 Å². The van der Waals surface area contributed by atoms with Gasteiger partial charge in [-0.2, -0.15) is 0 Å². The van der Waals surface area contributed by atoms with E-state index in [9.17, 15) is 4.79 Å². The van der Waals surface area contributed by atoms with E-state index in [4.69, 9.17) is 0 Å². The second-order valence-electron chi connectivity index (χ2n) is 5.60. The van der Waals surface area contributed by atoms with Crippen LogP contribution < -0.4 is 5.32 Å². The van der Waals surface area contributed by atoms with Crippen molar-refractivity contribution < 1.29 is 4.79 Å². The lowest BCUT2D eigenvalue weighted by molar-refractivity contribution is -0.119. The lowest BCUT2D eigenvalue weighted by atomic mass is 9.86. The van der Waals surface area contributed by atoms with Crippen LogP contribution in [0.4, 0.5) is 0 Å². The van der Waals surface area contributed by atoms with E-state index in [0.717, 1.165) is 5.56 Å². The fraction of sp³-hybridized carbons (Fsp3) is 0.533. The highest BCUT2D eigenvalue weighted by Crippen LogP contribution is 2.22. The van der Waals surface area contributed by atoms with Crippen LogP contribution in [-0.2, 0) is 16.6 Å². The molecule has 94 valence electrons. The Bertz CT molecular complexity index is 373. The molecule has 2 nitrogen and oxygen atoms in total. The zero-order valence-corrected chi connectivity index (χ0v) is 11.5. The summed E-state index contributed by atoms with van der Waals surface area (Å²) < 4.78 is 0. The van der Waals surface area contributed by atoms with Gasteiger partial charge >= 0.3 is 0 Å². The van der Waals surface area contributed by atoms with Gasteiger partial charge in [0.05, 0.1) is 6.04 Å². The highest BCUT2D eigenvalue weighted by Gasteiger charge is 2.14. The average Bonchev–Trinajstić information content (AvgIpc) is 2.27. The summed E-state index contributed by atoms with van der Waals surface area (Å²) in [5, 5.41) is 2.97. The highest BCUT2D eigenvalue weighted by molar-refractivity contribution is 5.85. The van der Waals surface area contributed by atoms with Crippen molar-refractivity contribution in [2.24, 2.45) is 0 Å². The number of carbonyl (C=O) groups is 1. The van der Waals surface area contributed by atoms with Crippen LogP contribution in [0.15, 0.2) is 24.3 Å². The lowest BCUT2D eigenvalue weighted by Crippen LogP contribution is -2.31. The molecule has 1 rings (SSSR count). The molecule has 0 aliphatic carbocycles. The maximum Gasteiger partial charge on any atom is 0.153 e. The van der Waals surface area contributed by atoms with Gasteiger partial charge in [-0.05, 0) is 30.5 Å².